The molecule has 0 aromatic heterocycles. The summed E-state index contributed by atoms with van der Waals surface area (Å²) in [5, 5.41) is 4.03. The number of amides is 2. The van der Waals surface area contributed by atoms with Crippen LogP contribution in [0.3, 0.4) is 0 Å². The Bertz CT molecular complexity index is 1420. The van der Waals surface area contributed by atoms with Gasteiger partial charge in [-0.25, -0.2) is 8.42 Å². The van der Waals surface area contributed by atoms with Crippen molar-refractivity contribution in [3.8, 4) is 0 Å². The average molecular weight is 625 g/mol. The van der Waals surface area contributed by atoms with E-state index in [4.69, 9.17) is 34.8 Å². The Morgan fingerprint density at radius 3 is 2.15 bits per heavy atom. The van der Waals surface area contributed by atoms with Gasteiger partial charge in [0.1, 0.15) is 6.04 Å². The van der Waals surface area contributed by atoms with E-state index >= 15 is 0 Å². The van der Waals surface area contributed by atoms with Crippen LogP contribution in [0.1, 0.15) is 31.4 Å². The fourth-order valence-electron chi connectivity index (χ4n) is 3.98. The largest absolute Gasteiger partial charge is 0.352 e. The number of carbonyl (C=O) groups is 2. The van der Waals surface area contributed by atoms with Gasteiger partial charge >= 0.3 is 0 Å². The number of carbonyl (C=O) groups excluding carboxylic acids is 2. The number of halogens is 3. The zero-order chi connectivity index (χ0) is 29.4. The maximum Gasteiger partial charge on any atom is 0.243 e. The fourth-order valence-corrected chi connectivity index (χ4v) is 5.55. The molecule has 1 N–H and O–H groups in total. The van der Waals surface area contributed by atoms with E-state index in [1.807, 2.05) is 44.2 Å². The van der Waals surface area contributed by atoms with E-state index in [0.717, 1.165) is 9.87 Å². The lowest BCUT2D eigenvalue weighted by molar-refractivity contribution is -0.141. The van der Waals surface area contributed by atoms with Crippen molar-refractivity contribution in [2.24, 2.45) is 0 Å². The van der Waals surface area contributed by atoms with Crippen LogP contribution in [0.4, 0.5) is 0 Å². The number of hydrogen-bond acceptors (Lipinski definition) is 4. The van der Waals surface area contributed by atoms with Gasteiger partial charge in [-0.15, -0.1) is 0 Å². The van der Waals surface area contributed by atoms with Gasteiger partial charge in [0.2, 0.25) is 21.8 Å². The van der Waals surface area contributed by atoms with Crippen LogP contribution in [-0.4, -0.2) is 55.1 Å². The molecule has 2 atom stereocenters. The minimum Gasteiger partial charge on any atom is -0.352 e. The summed E-state index contributed by atoms with van der Waals surface area (Å²) < 4.78 is 27.4. The second kappa shape index (κ2) is 14.3. The highest BCUT2D eigenvalue weighted by Crippen LogP contribution is 2.25. The SMILES string of the molecule is CC[C@H](C)NC(=O)[C@H](Cc1ccccc1)N(Cc1ccc(Cl)c(Cl)c1)C(=O)CN(C)S(=O)(=O)c1ccc(Cl)cc1. The summed E-state index contributed by atoms with van der Waals surface area (Å²) in [4.78, 5) is 28.9. The molecular formula is C29H32Cl3N3O4S. The number of nitrogens with one attached hydrogen (secondary N) is 1. The Kier molecular flexibility index (Phi) is 11.4. The van der Waals surface area contributed by atoms with Gasteiger partial charge in [-0.05, 0) is 60.9 Å². The first-order valence-electron chi connectivity index (χ1n) is 12.7. The van der Waals surface area contributed by atoms with Crippen LogP contribution in [-0.2, 0) is 32.6 Å². The summed E-state index contributed by atoms with van der Waals surface area (Å²) in [7, 11) is -2.69. The second-order valence-electron chi connectivity index (χ2n) is 9.51. The number of likely N-dealkylation sites (N-methyl/N-ethyl adjacent to an activating group) is 1. The number of benzene rings is 3. The van der Waals surface area contributed by atoms with Crippen molar-refractivity contribution in [3.63, 3.8) is 0 Å². The molecule has 0 aliphatic rings. The molecule has 0 saturated carbocycles. The van der Waals surface area contributed by atoms with Crippen LogP contribution in [0, 0.1) is 0 Å². The van der Waals surface area contributed by atoms with Gasteiger partial charge in [0.05, 0.1) is 21.5 Å². The summed E-state index contributed by atoms with van der Waals surface area (Å²) in [5.74, 6) is -0.888. The summed E-state index contributed by atoms with van der Waals surface area (Å²) in [6.07, 6.45) is 0.927. The van der Waals surface area contributed by atoms with Crippen molar-refractivity contribution in [2.75, 3.05) is 13.6 Å². The number of nitrogens with zero attached hydrogens (tertiary/aromatic N) is 2. The van der Waals surface area contributed by atoms with Crippen LogP contribution in [0.5, 0.6) is 0 Å². The van der Waals surface area contributed by atoms with Gasteiger partial charge < -0.3 is 10.2 Å². The first-order valence-corrected chi connectivity index (χ1v) is 15.3. The second-order valence-corrected chi connectivity index (χ2v) is 12.8. The van der Waals surface area contributed by atoms with Crippen LogP contribution < -0.4 is 5.32 Å². The molecule has 3 aromatic rings. The fraction of sp³-hybridized carbons (Fsp3) is 0.310. The molecule has 3 rings (SSSR count). The summed E-state index contributed by atoms with van der Waals surface area (Å²) >= 11 is 18.3. The summed E-state index contributed by atoms with van der Waals surface area (Å²) in [6.45, 7) is 3.35. The third kappa shape index (κ3) is 8.44. The smallest absolute Gasteiger partial charge is 0.243 e. The Hall–Kier alpha value is -2.62. The third-order valence-electron chi connectivity index (χ3n) is 6.49. The first kappa shape index (κ1) is 31.9. The quantitative estimate of drug-likeness (QED) is 0.275. The molecule has 214 valence electrons. The van der Waals surface area contributed by atoms with E-state index in [-0.39, 0.29) is 29.8 Å². The highest BCUT2D eigenvalue weighted by Gasteiger charge is 2.33. The topological polar surface area (TPSA) is 86.8 Å². The number of sulfonamides is 1. The number of rotatable bonds is 12. The molecule has 11 heteroatoms. The monoisotopic (exact) mass is 623 g/mol. The first-order chi connectivity index (χ1) is 18.9. The molecule has 2 amide bonds. The minimum atomic E-state index is -4.01. The van der Waals surface area contributed by atoms with E-state index in [2.05, 4.69) is 5.32 Å². The van der Waals surface area contributed by atoms with Gasteiger partial charge in [0, 0.05) is 31.1 Å². The summed E-state index contributed by atoms with van der Waals surface area (Å²) in [6, 6.07) is 18.9. The van der Waals surface area contributed by atoms with Crippen LogP contribution in [0.15, 0.2) is 77.7 Å². The molecular weight excluding hydrogens is 593 g/mol. The third-order valence-corrected chi connectivity index (χ3v) is 9.30. The number of hydrogen-bond donors (Lipinski definition) is 1. The van der Waals surface area contributed by atoms with Gasteiger partial charge in [0.25, 0.3) is 0 Å². The summed E-state index contributed by atoms with van der Waals surface area (Å²) in [5.41, 5.74) is 1.49. The lowest BCUT2D eigenvalue weighted by Gasteiger charge is -2.33. The molecule has 0 aliphatic heterocycles. The van der Waals surface area contributed by atoms with Gasteiger partial charge in [0.15, 0.2) is 0 Å². The van der Waals surface area contributed by atoms with Crippen molar-refractivity contribution in [3.05, 3.63) is 99.0 Å². The Morgan fingerprint density at radius 1 is 0.900 bits per heavy atom. The normalized spacial score (nSPS) is 13.1. The molecule has 40 heavy (non-hydrogen) atoms. The minimum absolute atomic E-state index is 0.00131. The Morgan fingerprint density at radius 2 is 1.55 bits per heavy atom. The molecule has 0 fully saturated rings. The van der Waals surface area contributed by atoms with E-state index in [1.54, 1.807) is 18.2 Å². The average Bonchev–Trinajstić information content (AvgIpc) is 2.93. The van der Waals surface area contributed by atoms with Crippen molar-refractivity contribution >= 4 is 56.6 Å². The zero-order valence-corrected chi connectivity index (χ0v) is 25.6. The highest BCUT2D eigenvalue weighted by atomic mass is 35.5. The van der Waals surface area contributed by atoms with Gasteiger partial charge in [-0.2, -0.15) is 4.31 Å². The molecule has 0 heterocycles. The highest BCUT2D eigenvalue weighted by molar-refractivity contribution is 7.89. The Labute approximate surface area is 251 Å². The van der Waals surface area contributed by atoms with Crippen molar-refractivity contribution in [1.29, 1.82) is 0 Å². The standard InChI is InChI=1S/C29H32Cl3N3O4S/c1-4-20(2)33-29(37)27(17-21-8-6-5-7-9-21)35(18-22-10-15-25(31)26(32)16-22)28(36)19-34(3)40(38,39)24-13-11-23(30)12-14-24/h5-16,20,27H,4,17-19H2,1-3H3,(H,33,37)/t20-,27-/m0/s1. The van der Waals surface area contributed by atoms with E-state index < -0.39 is 28.5 Å². The molecule has 0 spiro atoms. The van der Waals surface area contributed by atoms with Crippen LogP contribution in [0.2, 0.25) is 15.1 Å². The Balaban J connectivity index is 2.00. The molecule has 0 saturated heterocycles. The lowest BCUT2D eigenvalue weighted by Crippen LogP contribution is -2.54. The predicted molar refractivity (Wildman–Crippen MR) is 160 cm³/mol. The van der Waals surface area contributed by atoms with Crippen molar-refractivity contribution < 1.29 is 18.0 Å². The predicted octanol–water partition coefficient (Wildman–Crippen LogP) is 5.82. The van der Waals surface area contributed by atoms with E-state index in [0.29, 0.717) is 27.1 Å². The van der Waals surface area contributed by atoms with Gasteiger partial charge in [-0.3, -0.25) is 9.59 Å². The van der Waals surface area contributed by atoms with Crippen LogP contribution >= 0.6 is 34.8 Å². The van der Waals surface area contributed by atoms with Crippen molar-refractivity contribution in [1.82, 2.24) is 14.5 Å². The molecule has 3 aromatic carbocycles. The lowest BCUT2D eigenvalue weighted by atomic mass is 10.0. The maximum absolute atomic E-state index is 13.9. The van der Waals surface area contributed by atoms with Crippen molar-refractivity contribution in [2.45, 2.75) is 50.2 Å². The van der Waals surface area contributed by atoms with E-state index in [9.17, 15) is 18.0 Å². The molecule has 0 unspecified atom stereocenters. The van der Waals surface area contributed by atoms with E-state index in [1.165, 1.54) is 36.2 Å². The molecule has 0 bridgehead atoms. The van der Waals surface area contributed by atoms with Gasteiger partial charge in [-0.1, -0.05) is 78.1 Å². The zero-order valence-electron chi connectivity index (χ0n) is 22.5. The van der Waals surface area contributed by atoms with Crippen LogP contribution in [0.25, 0.3) is 0 Å². The molecule has 0 aliphatic carbocycles. The molecule has 0 radical (unpaired) electrons. The molecule has 7 nitrogen and oxygen atoms in total. The maximum atomic E-state index is 13.9.